The second-order valence-electron chi connectivity index (χ2n) is 15.3. The molecule has 294 valence electrons. The third-order valence-corrected chi connectivity index (χ3v) is 10.5. The summed E-state index contributed by atoms with van der Waals surface area (Å²) in [4.78, 5) is 33.7. The maximum absolute atomic E-state index is 12.4. The standard InChI is InChI=1S/C43H83N3O4/c1-5-8-11-21-29-41(28-10-7-3)38-50-43(48)31-23-17-13-12-16-20-27-40(4)46(35-26-33-45-36-32-44-39-45)34-24-19-15-14-18-22-30-42(47)49-37-25-9-6-2/h39-41H,5-38H2,1-4H3. The van der Waals surface area contributed by atoms with E-state index in [1.54, 1.807) is 0 Å². The largest absolute Gasteiger partial charge is 0.466 e. The molecule has 0 spiro atoms. The van der Waals surface area contributed by atoms with Crippen LogP contribution in [0, 0.1) is 5.92 Å². The van der Waals surface area contributed by atoms with Gasteiger partial charge < -0.3 is 19.3 Å². The van der Waals surface area contributed by atoms with E-state index >= 15 is 0 Å². The molecule has 0 N–H and O–H groups in total. The van der Waals surface area contributed by atoms with Crippen molar-refractivity contribution >= 4 is 18.3 Å². The molecular formula is C43H83N3O4. The van der Waals surface area contributed by atoms with E-state index in [-0.39, 0.29) is 11.9 Å². The molecule has 0 bridgehead atoms. The number of carbonyl (C=O) groups is 2. The highest BCUT2D eigenvalue weighted by Crippen LogP contribution is 2.19. The Balaban J connectivity index is 2.19. The number of hydrogen-bond donors (Lipinski definition) is 0. The van der Waals surface area contributed by atoms with Gasteiger partial charge in [0.15, 0.2) is 0 Å². The minimum absolute atomic E-state index is 0.0149. The molecule has 1 heterocycles. The average molecular weight is 706 g/mol. The third-order valence-electron chi connectivity index (χ3n) is 10.5. The SMILES string of the molecule is CCCCCCC(CCCC)COC(=O)CCCCCCCCC(C)N(CCCCCCCCC(=O)OCCCCC)CCCN1C=NCC1. The summed E-state index contributed by atoms with van der Waals surface area (Å²) in [5, 5.41) is 0. The van der Waals surface area contributed by atoms with Crippen molar-refractivity contribution in [2.24, 2.45) is 10.9 Å². The number of rotatable bonds is 37. The Hall–Kier alpha value is -1.63. The van der Waals surface area contributed by atoms with Crippen molar-refractivity contribution in [3.63, 3.8) is 0 Å². The quantitative estimate of drug-likeness (QED) is 0.0473. The van der Waals surface area contributed by atoms with E-state index in [1.807, 2.05) is 6.34 Å². The Morgan fingerprint density at radius 3 is 1.84 bits per heavy atom. The van der Waals surface area contributed by atoms with Crippen LogP contribution in [0.25, 0.3) is 0 Å². The highest BCUT2D eigenvalue weighted by Gasteiger charge is 2.15. The molecule has 0 saturated carbocycles. The first kappa shape index (κ1) is 46.4. The van der Waals surface area contributed by atoms with Crippen molar-refractivity contribution in [3.05, 3.63) is 0 Å². The number of nitrogens with zero attached hydrogens (tertiary/aromatic N) is 3. The summed E-state index contributed by atoms with van der Waals surface area (Å²) in [6.07, 6.45) is 33.2. The maximum atomic E-state index is 12.4. The third kappa shape index (κ3) is 28.0. The molecule has 2 unspecified atom stereocenters. The van der Waals surface area contributed by atoms with Gasteiger partial charge in [0.2, 0.25) is 0 Å². The normalized spacial score (nSPS) is 14.1. The molecule has 7 heteroatoms. The van der Waals surface area contributed by atoms with Gasteiger partial charge in [0.25, 0.3) is 0 Å². The zero-order valence-corrected chi connectivity index (χ0v) is 33.7. The van der Waals surface area contributed by atoms with Gasteiger partial charge in [-0.25, -0.2) is 0 Å². The smallest absolute Gasteiger partial charge is 0.305 e. The van der Waals surface area contributed by atoms with Crippen LogP contribution in [0.1, 0.15) is 201 Å². The van der Waals surface area contributed by atoms with Crippen molar-refractivity contribution in [3.8, 4) is 0 Å². The van der Waals surface area contributed by atoms with Gasteiger partial charge in [-0.15, -0.1) is 0 Å². The lowest BCUT2D eigenvalue weighted by atomic mass is 9.96. The van der Waals surface area contributed by atoms with Gasteiger partial charge in [-0.3, -0.25) is 14.6 Å². The number of ether oxygens (including phenoxy) is 2. The fourth-order valence-corrected chi connectivity index (χ4v) is 7.06. The molecule has 1 rings (SSSR count). The molecule has 0 amide bonds. The molecule has 0 aromatic rings. The van der Waals surface area contributed by atoms with Gasteiger partial charge in [0.05, 0.1) is 26.1 Å². The van der Waals surface area contributed by atoms with Crippen LogP contribution < -0.4 is 0 Å². The first-order chi connectivity index (χ1) is 24.5. The average Bonchev–Trinajstić information content (AvgIpc) is 3.64. The molecule has 1 aliphatic heterocycles. The Kier molecular flexibility index (Phi) is 32.0. The van der Waals surface area contributed by atoms with Gasteiger partial charge in [0, 0.05) is 38.5 Å². The second-order valence-corrected chi connectivity index (χ2v) is 15.3. The van der Waals surface area contributed by atoms with Crippen molar-refractivity contribution < 1.29 is 19.1 Å². The van der Waals surface area contributed by atoms with Crippen LogP contribution in [0.5, 0.6) is 0 Å². The molecule has 2 atom stereocenters. The molecule has 0 aromatic heterocycles. The van der Waals surface area contributed by atoms with E-state index in [0.29, 0.717) is 38.0 Å². The van der Waals surface area contributed by atoms with Gasteiger partial charge in [-0.2, -0.15) is 0 Å². The van der Waals surface area contributed by atoms with Crippen LogP contribution in [0.2, 0.25) is 0 Å². The Morgan fingerprint density at radius 2 is 1.18 bits per heavy atom. The molecule has 1 aliphatic rings. The van der Waals surface area contributed by atoms with Crippen LogP contribution >= 0.6 is 0 Å². The van der Waals surface area contributed by atoms with Crippen molar-refractivity contribution in [1.29, 1.82) is 0 Å². The van der Waals surface area contributed by atoms with Crippen LogP contribution in [-0.2, 0) is 19.1 Å². The van der Waals surface area contributed by atoms with Crippen LogP contribution in [0.4, 0.5) is 0 Å². The zero-order valence-electron chi connectivity index (χ0n) is 33.7. The lowest BCUT2D eigenvalue weighted by molar-refractivity contribution is -0.145. The number of carbonyl (C=O) groups excluding carboxylic acids is 2. The number of aliphatic imine (C=N–C) groups is 1. The fraction of sp³-hybridized carbons (Fsp3) is 0.930. The minimum Gasteiger partial charge on any atom is -0.466 e. The summed E-state index contributed by atoms with van der Waals surface area (Å²) >= 11 is 0. The van der Waals surface area contributed by atoms with Gasteiger partial charge in [-0.1, -0.05) is 130 Å². The summed E-state index contributed by atoms with van der Waals surface area (Å²) < 4.78 is 11.1. The Bertz CT molecular complexity index is 807. The summed E-state index contributed by atoms with van der Waals surface area (Å²) in [6, 6.07) is 0.619. The second kappa shape index (κ2) is 34.5. The predicted molar refractivity (Wildman–Crippen MR) is 213 cm³/mol. The van der Waals surface area contributed by atoms with Gasteiger partial charge in [-0.05, 0) is 70.8 Å². The fourth-order valence-electron chi connectivity index (χ4n) is 7.06. The zero-order chi connectivity index (χ0) is 36.3. The molecule has 0 radical (unpaired) electrons. The van der Waals surface area contributed by atoms with Crippen molar-refractivity contribution in [1.82, 2.24) is 9.80 Å². The van der Waals surface area contributed by atoms with E-state index in [4.69, 9.17) is 9.47 Å². The number of esters is 2. The lowest BCUT2D eigenvalue weighted by Gasteiger charge is -2.30. The van der Waals surface area contributed by atoms with Gasteiger partial charge >= 0.3 is 11.9 Å². The number of unbranched alkanes of at least 4 members (excludes halogenated alkanes) is 16. The molecule has 0 aromatic carbocycles. The first-order valence-corrected chi connectivity index (χ1v) is 21.8. The summed E-state index contributed by atoms with van der Waals surface area (Å²) in [6.45, 7) is 15.8. The minimum atomic E-state index is -0.0161. The molecule has 0 fully saturated rings. The lowest BCUT2D eigenvalue weighted by Crippen LogP contribution is -2.36. The van der Waals surface area contributed by atoms with E-state index in [2.05, 4.69) is 42.5 Å². The molecular weight excluding hydrogens is 622 g/mol. The summed E-state index contributed by atoms with van der Waals surface area (Å²) in [7, 11) is 0. The predicted octanol–water partition coefficient (Wildman–Crippen LogP) is 11.3. The van der Waals surface area contributed by atoms with Crippen LogP contribution in [-0.4, -0.2) is 80.1 Å². The topological polar surface area (TPSA) is 71.4 Å². The van der Waals surface area contributed by atoms with Crippen LogP contribution in [0.15, 0.2) is 4.99 Å². The highest BCUT2D eigenvalue weighted by atomic mass is 16.5. The molecule has 7 nitrogen and oxygen atoms in total. The highest BCUT2D eigenvalue weighted by molar-refractivity contribution is 5.69. The Morgan fingerprint density at radius 1 is 0.640 bits per heavy atom. The van der Waals surface area contributed by atoms with Crippen LogP contribution in [0.3, 0.4) is 0 Å². The maximum Gasteiger partial charge on any atom is 0.305 e. The van der Waals surface area contributed by atoms with Crippen molar-refractivity contribution in [2.45, 2.75) is 207 Å². The van der Waals surface area contributed by atoms with E-state index in [9.17, 15) is 9.59 Å². The Labute approximate surface area is 310 Å². The molecule has 0 saturated heterocycles. The van der Waals surface area contributed by atoms with Crippen molar-refractivity contribution in [2.75, 3.05) is 45.9 Å². The van der Waals surface area contributed by atoms with E-state index in [1.165, 1.54) is 129 Å². The van der Waals surface area contributed by atoms with E-state index < -0.39 is 0 Å². The summed E-state index contributed by atoms with van der Waals surface area (Å²) in [5.74, 6) is 0.548. The number of hydrogen-bond acceptors (Lipinski definition) is 7. The molecule has 50 heavy (non-hydrogen) atoms. The summed E-state index contributed by atoms with van der Waals surface area (Å²) in [5.41, 5.74) is 0. The monoisotopic (exact) mass is 706 g/mol. The molecule has 0 aliphatic carbocycles. The first-order valence-electron chi connectivity index (χ1n) is 21.8. The van der Waals surface area contributed by atoms with Gasteiger partial charge in [0.1, 0.15) is 0 Å². The van der Waals surface area contributed by atoms with E-state index in [0.717, 1.165) is 64.6 Å².